The van der Waals surface area contributed by atoms with Crippen LogP contribution in [0, 0.1) is 0 Å². The van der Waals surface area contributed by atoms with Crippen molar-refractivity contribution >= 4 is 23.2 Å². The zero-order chi connectivity index (χ0) is 26.5. The van der Waals surface area contributed by atoms with E-state index < -0.39 is 11.9 Å². The van der Waals surface area contributed by atoms with Crippen LogP contribution in [0.25, 0.3) is 10.8 Å². The topological polar surface area (TPSA) is 111 Å². The Kier molecular flexibility index (Phi) is 7.23. The number of hydrogen-bond donors (Lipinski definition) is 2. The van der Waals surface area contributed by atoms with Crippen molar-refractivity contribution in [2.24, 2.45) is 0 Å². The van der Waals surface area contributed by atoms with Gasteiger partial charge in [0.1, 0.15) is 22.7 Å². The number of carbonyl (C=O) groups excluding carboxylic acids is 1. The number of aromatic nitrogens is 2. The molecule has 1 aliphatic heterocycles. The second-order valence-electron chi connectivity index (χ2n) is 7.92. The fourth-order valence-corrected chi connectivity index (χ4v) is 4.17. The number of hydrogen-bond acceptors (Lipinski definition) is 6. The van der Waals surface area contributed by atoms with Gasteiger partial charge in [0, 0.05) is 36.0 Å². The quantitative estimate of drug-likeness (QED) is 0.383. The van der Waals surface area contributed by atoms with Crippen LogP contribution in [0.5, 0.6) is 11.5 Å². The lowest BCUT2D eigenvalue weighted by atomic mass is 9.81. The zero-order valence-electron chi connectivity index (χ0n) is 19.1. The summed E-state index contributed by atoms with van der Waals surface area (Å²) in [5.74, 6) is -0.212. The summed E-state index contributed by atoms with van der Waals surface area (Å²) in [7, 11) is 0. The minimum Gasteiger partial charge on any atom is -0.491 e. The van der Waals surface area contributed by atoms with E-state index in [0.717, 1.165) is 10.8 Å². The molecule has 2 N–H and O–H groups in total. The standard InChI is InChI=1S/C25H18F3N3O3.CH2O2/c26-25(27,28)34-20-7-5-19(6-8-20)24(10-13-33-21-2-1-11-30-22(21)24)31-23(32)17-3-4-18-15-29-12-9-16(18)14-17;2-1-3/h1-9,11-12,14-15H,10,13H2,(H,31,32);1H,(H,2,3)/t24-;/m0./s1. The van der Waals surface area contributed by atoms with Gasteiger partial charge in [-0.3, -0.25) is 19.6 Å². The third-order valence-corrected chi connectivity index (χ3v) is 5.72. The number of pyridine rings is 2. The molecule has 3 heterocycles. The summed E-state index contributed by atoms with van der Waals surface area (Å²) in [6.07, 6.45) is 0.473. The van der Waals surface area contributed by atoms with E-state index in [9.17, 15) is 18.0 Å². The number of alkyl halides is 3. The molecule has 8 nitrogen and oxygen atoms in total. The van der Waals surface area contributed by atoms with Gasteiger partial charge >= 0.3 is 6.36 Å². The van der Waals surface area contributed by atoms with Crippen LogP contribution < -0.4 is 14.8 Å². The number of nitrogens with zero attached hydrogens (tertiary/aromatic N) is 2. The summed E-state index contributed by atoms with van der Waals surface area (Å²) < 4.78 is 47.6. The minimum absolute atomic E-state index is 0.250. The van der Waals surface area contributed by atoms with Gasteiger partial charge in [0.25, 0.3) is 12.4 Å². The molecular formula is C26H20F3N3O5. The van der Waals surface area contributed by atoms with Crippen molar-refractivity contribution in [3.63, 3.8) is 0 Å². The molecule has 0 radical (unpaired) electrons. The van der Waals surface area contributed by atoms with Gasteiger partial charge in [0.15, 0.2) is 0 Å². The number of carbonyl (C=O) groups is 2. The summed E-state index contributed by atoms with van der Waals surface area (Å²) in [6, 6.07) is 16.0. The molecule has 0 unspecified atom stereocenters. The summed E-state index contributed by atoms with van der Waals surface area (Å²) in [5, 5.41) is 11.7. The fraction of sp³-hybridized carbons (Fsp3) is 0.154. The van der Waals surface area contributed by atoms with E-state index >= 15 is 0 Å². The first-order valence-electron chi connectivity index (χ1n) is 10.9. The van der Waals surface area contributed by atoms with Gasteiger partial charge in [0.05, 0.1) is 6.61 Å². The monoisotopic (exact) mass is 511 g/mol. The Hall–Kier alpha value is -4.67. The number of rotatable bonds is 4. The maximum atomic E-state index is 13.4. The maximum absolute atomic E-state index is 13.4. The molecule has 0 aliphatic carbocycles. The van der Waals surface area contributed by atoms with Crippen molar-refractivity contribution in [2.45, 2.75) is 18.3 Å². The highest BCUT2D eigenvalue weighted by molar-refractivity contribution is 5.99. The molecule has 1 atom stereocenters. The van der Waals surface area contributed by atoms with E-state index in [0.29, 0.717) is 29.0 Å². The Morgan fingerprint density at radius 1 is 1.08 bits per heavy atom. The summed E-state index contributed by atoms with van der Waals surface area (Å²) in [6.45, 7) is 0.0309. The summed E-state index contributed by atoms with van der Waals surface area (Å²) in [5.41, 5.74) is 0.349. The van der Waals surface area contributed by atoms with Crippen LogP contribution in [-0.4, -0.2) is 40.4 Å². The van der Waals surface area contributed by atoms with Crippen LogP contribution in [0.15, 0.2) is 79.3 Å². The fourth-order valence-electron chi connectivity index (χ4n) is 4.17. The Morgan fingerprint density at radius 2 is 1.84 bits per heavy atom. The second-order valence-corrected chi connectivity index (χ2v) is 7.92. The van der Waals surface area contributed by atoms with E-state index in [2.05, 4.69) is 20.0 Å². The molecule has 0 bridgehead atoms. The molecule has 4 aromatic rings. The van der Waals surface area contributed by atoms with E-state index in [-0.39, 0.29) is 24.7 Å². The summed E-state index contributed by atoms with van der Waals surface area (Å²) >= 11 is 0. The molecule has 0 fully saturated rings. The highest BCUT2D eigenvalue weighted by Crippen LogP contribution is 2.41. The predicted octanol–water partition coefficient (Wildman–Crippen LogP) is 4.69. The number of nitrogens with one attached hydrogen (secondary N) is 1. The number of amides is 1. The highest BCUT2D eigenvalue weighted by Gasteiger charge is 2.42. The molecular weight excluding hydrogens is 491 g/mol. The van der Waals surface area contributed by atoms with Crippen molar-refractivity contribution in [2.75, 3.05) is 6.61 Å². The molecule has 11 heteroatoms. The molecule has 2 aromatic heterocycles. The van der Waals surface area contributed by atoms with Crippen molar-refractivity contribution in [3.8, 4) is 11.5 Å². The number of fused-ring (bicyclic) bond motifs is 2. The number of benzene rings is 2. The van der Waals surface area contributed by atoms with Crippen molar-refractivity contribution in [1.29, 1.82) is 0 Å². The van der Waals surface area contributed by atoms with Gasteiger partial charge in [-0.1, -0.05) is 18.2 Å². The van der Waals surface area contributed by atoms with Crippen molar-refractivity contribution < 1.29 is 37.3 Å². The first-order chi connectivity index (χ1) is 17.8. The average Bonchev–Trinajstić information content (AvgIpc) is 2.88. The Bertz CT molecular complexity index is 1410. The van der Waals surface area contributed by atoms with E-state index in [1.54, 1.807) is 42.9 Å². The summed E-state index contributed by atoms with van der Waals surface area (Å²) in [4.78, 5) is 30.3. The largest absolute Gasteiger partial charge is 0.573 e. The molecule has 0 saturated heterocycles. The van der Waals surface area contributed by atoms with Crippen LogP contribution in [0.3, 0.4) is 0 Å². The third kappa shape index (κ3) is 5.61. The number of carboxylic acid groups (broad SMARTS) is 1. The molecule has 0 spiro atoms. The smallest absolute Gasteiger partial charge is 0.491 e. The van der Waals surface area contributed by atoms with Crippen LogP contribution in [0.4, 0.5) is 13.2 Å². The van der Waals surface area contributed by atoms with Crippen LogP contribution >= 0.6 is 0 Å². The lowest BCUT2D eigenvalue weighted by Gasteiger charge is -2.39. The molecule has 37 heavy (non-hydrogen) atoms. The van der Waals surface area contributed by atoms with Crippen LogP contribution in [0.2, 0.25) is 0 Å². The number of ether oxygens (including phenoxy) is 2. The van der Waals surface area contributed by atoms with Gasteiger partial charge in [-0.15, -0.1) is 13.2 Å². The normalized spacial score (nSPS) is 16.4. The van der Waals surface area contributed by atoms with Gasteiger partial charge in [-0.25, -0.2) is 0 Å². The first kappa shape index (κ1) is 25.4. The van der Waals surface area contributed by atoms with E-state index in [1.807, 2.05) is 12.1 Å². The molecule has 1 amide bonds. The molecule has 1 aliphatic rings. The maximum Gasteiger partial charge on any atom is 0.573 e. The Balaban J connectivity index is 0.00000102. The van der Waals surface area contributed by atoms with Gasteiger partial charge in [0.2, 0.25) is 0 Å². The molecule has 2 aromatic carbocycles. The molecule has 0 saturated carbocycles. The number of halogens is 3. The van der Waals surface area contributed by atoms with E-state index in [4.69, 9.17) is 14.6 Å². The molecule has 190 valence electrons. The zero-order valence-corrected chi connectivity index (χ0v) is 19.1. The van der Waals surface area contributed by atoms with Crippen LogP contribution in [0.1, 0.15) is 28.0 Å². The van der Waals surface area contributed by atoms with Crippen molar-refractivity contribution in [3.05, 3.63) is 96.1 Å². The minimum atomic E-state index is -4.80. The molecule has 5 rings (SSSR count). The second kappa shape index (κ2) is 10.5. The Morgan fingerprint density at radius 3 is 2.57 bits per heavy atom. The van der Waals surface area contributed by atoms with Crippen molar-refractivity contribution in [1.82, 2.24) is 15.3 Å². The lowest BCUT2D eigenvalue weighted by molar-refractivity contribution is -0.274. The predicted molar refractivity (Wildman–Crippen MR) is 126 cm³/mol. The SMILES string of the molecule is O=C(N[C@]1(c2ccc(OC(F)(F)F)cc2)CCOc2cccnc21)c1ccc2cnccc2c1.O=CO. The van der Waals surface area contributed by atoms with Gasteiger partial charge in [-0.05, 0) is 53.4 Å². The van der Waals surface area contributed by atoms with Crippen LogP contribution in [-0.2, 0) is 10.3 Å². The highest BCUT2D eigenvalue weighted by atomic mass is 19.4. The Labute approximate surface area is 208 Å². The van der Waals surface area contributed by atoms with Gasteiger partial charge < -0.3 is 19.9 Å². The first-order valence-corrected chi connectivity index (χ1v) is 10.9. The third-order valence-electron chi connectivity index (χ3n) is 5.72. The van der Waals surface area contributed by atoms with Gasteiger partial charge in [-0.2, -0.15) is 0 Å². The lowest BCUT2D eigenvalue weighted by Crippen LogP contribution is -2.50. The average molecular weight is 511 g/mol. The van der Waals surface area contributed by atoms with E-state index in [1.165, 1.54) is 24.3 Å².